The van der Waals surface area contributed by atoms with Crippen LogP contribution in [0.1, 0.15) is 30.9 Å². The molecule has 0 aliphatic rings. The molecule has 0 saturated carbocycles. The second-order valence-electron chi connectivity index (χ2n) is 6.14. The smallest absolute Gasteiger partial charge is 0.0103 e. The number of aryl methyl sites for hydroxylation is 1. The van der Waals surface area contributed by atoms with Crippen LogP contribution < -0.4 is 0 Å². The molecular weight excluding hydrogens is 264 g/mol. The van der Waals surface area contributed by atoms with E-state index in [0.29, 0.717) is 5.92 Å². The highest BCUT2D eigenvalue weighted by Gasteiger charge is 2.10. The van der Waals surface area contributed by atoms with Crippen LogP contribution in [0.2, 0.25) is 0 Å². The third-order valence-corrected chi connectivity index (χ3v) is 4.22. The zero-order valence-corrected chi connectivity index (χ0v) is 13.5. The van der Waals surface area contributed by atoms with Gasteiger partial charge in [0.1, 0.15) is 0 Å². The van der Waals surface area contributed by atoms with Crippen LogP contribution in [0, 0.1) is 6.92 Å². The highest BCUT2D eigenvalue weighted by Crippen LogP contribution is 2.34. The molecule has 0 aromatic heterocycles. The molecule has 22 heavy (non-hydrogen) atoms. The van der Waals surface area contributed by atoms with Gasteiger partial charge in [-0.2, -0.15) is 0 Å². The van der Waals surface area contributed by atoms with Crippen molar-refractivity contribution in [3.8, 4) is 22.3 Å². The van der Waals surface area contributed by atoms with E-state index < -0.39 is 0 Å². The lowest BCUT2D eigenvalue weighted by Crippen LogP contribution is -1.92. The quantitative estimate of drug-likeness (QED) is 0.519. The van der Waals surface area contributed by atoms with Crippen LogP contribution in [-0.4, -0.2) is 0 Å². The summed E-state index contributed by atoms with van der Waals surface area (Å²) in [4.78, 5) is 0. The van der Waals surface area contributed by atoms with Gasteiger partial charge >= 0.3 is 0 Å². The molecular formula is C22H22. The summed E-state index contributed by atoms with van der Waals surface area (Å²) in [6.07, 6.45) is 0. The van der Waals surface area contributed by atoms with Gasteiger partial charge in [-0.15, -0.1) is 0 Å². The van der Waals surface area contributed by atoms with Gasteiger partial charge in [-0.1, -0.05) is 86.6 Å². The minimum Gasteiger partial charge on any atom is -0.0622 e. The summed E-state index contributed by atoms with van der Waals surface area (Å²) in [5, 5.41) is 0. The standard InChI is InChI=1S/C22H22/c1-16(2)19-13-14-20(17(3)15-19)22-12-8-7-11-21(22)18-9-5-4-6-10-18/h4-16H,1-3H3. The average molecular weight is 286 g/mol. The van der Waals surface area contributed by atoms with E-state index in [1.54, 1.807) is 0 Å². The minimum atomic E-state index is 0.567. The molecule has 0 unspecified atom stereocenters. The van der Waals surface area contributed by atoms with Crippen LogP contribution in [0.3, 0.4) is 0 Å². The minimum absolute atomic E-state index is 0.567. The summed E-state index contributed by atoms with van der Waals surface area (Å²) in [6.45, 7) is 6.70. The van der Waals surface area contributed by atoms with Crippen LogP contribution in [0.15, 0.2) is 72.8 Å². The molecule has 0 heteroatoms. The van der Waals surface area contributed by atoms with Crippen LogP contribution in [0.4, 0.5) is 0 Å². The van der Waals surface area contributed by atoms with E-state index in [-0.39, 0.29) is 0 Å². The topological polar surface area (TPSA) is 0 Å². The van der Waals surface area contributed by atoms with E-state index in [1.165, 1.54) is 33.4 Å². The molecule has 0 saturated heterocycles. The molecule has 0 heterocycles. The van der Waals surface area contributed by atoms with E-state index in [9.17, 15) is 0 Å². The molecule has 3 rings (SSSR count). The van der Waals surface area contributed by atoms with Crippen molar-refractivity contribution >= 4 is 0 Å². The van der Waals surface area contributed by atoms with Crippen molar-refractivity contribution in [3.05, 3.63) is 83.9 Å². The summed E-state index contributed by atoms with van der Waals surface area (Å²) in [7, 11) is 0. The summed E-state index contributed by atoms with van der Waals surface area (Å²) in [6, 6.07) is 26.1. The van der Waals surface area contributed by atoms with Gasteiger partial charge < -0.3 is 0 Å². The lowest BCUT2D eigenvalue weighted by molar-refractivity contribution is 0.865. The Morgan fingerprint density at radius 1 is 0.636 bits per heavy atom. The van der Waals surface area contributed by atoms with Gasteiger partial charge in [0.2, 0.25) is 0 Å². The highest BCUT2D eigenvalue weighted by molar-refractivity contribution is 5.84. The third kappa shape index (κ3) is 2.82. The van der Waals surface area contributed by atoms with E-state index in [0.717, 1.165) is 0 Å². The fourth-order valence-corrected chi connectivity index (χ4v) is 2.94. The molecule has 0 amide bonds. The van der Waals surface area contributed by atoms with E-state index in [2.05, 4.69) is 93.6 Å². The van der Waals surface area contributed by atoms with Gasteiger partial charge in [0.25, 0.3) is 0 Å². The van der Waals surface area contributed by atoms with Gasteiger partial charge in [-0.3, -0.25) is 0 Å². The van der Waals surface area contributed by atoms with Crippen molar-refractivity contribution in [1.82, 2.24) is 0 Å². The van der Waals surface area contributed by atoms with Crippen molar-refractivity contribution in [2.45, 2.75) is 26.7 Å². The molecule has 0 fully saturated rings. The molecule has 0 aliphatic heterocycles. The Morgan fingerprint density at radius 3 is 1.91 bits per heavy atom. The molecule has 0 aliphatic carbocycles. The lowest BCUT2D eigenvalue weighted by Gasteiger charge is -2.14. The summed E-state index contributed by atoms with van der Waals surface area (Å²) in [5.74, 6) is 0.567. The van der Waals surface area contributed by atoms with Gasteiger partial charge in [0.15, 0.2) is 0 Å². The molecule has 0 spiro atoms. The molecule has 110 valence electrons. The Balaban J connectivity index is 2.14. The van der Waals surface area contributed by atoms with Crippen molar-refractivity contribution in [2.75, 3.05) is 0 Å². The molecule has 0 radical (unpaired) electrons. The summed E-state index contributed by atoms with van der Waals surface area (Å²) in [5.41, 5.74) is 7.94. The molecule has 3 aromatic carbocycles. The van der Waals surface area contributed by atoms with Gasteiger partial charge in [-0.25, -0.2) is 0 Å². The van der Waals surface area contributed by atoms with Crippen molar-refractivity contribution in [1.29, 1.82) is 0 Å². The van der Waals surface area contributed by atoms with E-state index in [4.69, 9.17) is 0 Å². The fraction of sp³-hybridized carbons (Fsp3) is 0.182. The zero-order valence-electron chi connectivity index (χ0n) is 13.5. The Kier molecular flexibility index (Phi) is 4.11. The molecule has 0 N–H and O–H groups in total. The van der Waals surface area contributed by atoms with Crippen LogP contribution >= 0.6 is 0 Å². The first-order chi connectivity index (χ1) is 10.7. The average Bonchev–Trinajstić information content (AvgIpc) is 2.55. The van der Waals surface area contributed by atoms with Crippen molar-refractivity contribution in [3.63, 3.8) is 0 Å². The van der Waals surface area contributed by atoms with Gasteiger partial charge in [0.05, 0.1) is 0 Å². The third-order valence-electron chi connectivity index (χ3n) is 4.22. The fourth-order valence-electron chi connectivity index (χ4n) is 2.94. The maximum absolute atomic E-state index is 2.32. The van der Waals surface area contributed by atoms with Crippen LogP contribution in [0.25, 0.3) is 22.3 Å². The second-order valence-corrected chi connectivity index (χ2v) is 6.14. The predicted octanol–water partition coefficient (Wildman–Crippen LogP) is 6.45. The van der Waals surface area contributed by atoms with E-state index in [1.807, 2.05) is 0 Å². The monoisotopic (exact) mass is 286 g/mol. The zero-order chi connectivity index (χ0) is 15.5. The Bertz CT molecular complexity index is 767. The Labute approximate surface area is 133 Å². The van der Waals surface area contributed by atoms with Gasteiger partial charge in [0, 0.05) is 0 Å². The number of hydrogen-bond acceptors (Lipinski definition) is 0. The first-order valence-electron chi connectivity index (χ1n) is 7.92. The summed E-state index contributed by atoms with van der Waals surface area (Å²) >= 11 is 0. The SMILES string of the molecule is Cc1cc(C(C)C)ccc1-c1ccccc1-c1ccccc1. The highest BCUT2D eigenvalue weighted by atomic mass is 14.1. The van der Waals surface area contributed by atoms with Crippen molar-refractivity contribution < 1.29 is 0 Å². The first kappa shape index (κ1) is 14.6. The first-order valence-corrected chi connectivity index (χ1v) is 7.92. The van der Waals surface area contributed by atoms with Crippen LogP contribution in [-0.2, 0) is 0 Å². The molecule has 0 bridgehead atoms. The maximum atomic E-state index is 2.32. The molecule has 0 nitrogen and oxygen atoms in total. The van der Waals surface area contributed by atoms with E-state index >= 15 is 0 Å². The normalized spacial score (nSPS) is 10.9. The largest absolute Gasteiger partial charge is 0.0622 e. The Morgan fingerprint density at radius 2 is 1.27 bits per heavy atom. The number of benzene rings is 3. The van der Waals surface area contributed by atoms with Crippen molar-refractivity contribution in [2.24, 2.45) is 0 Å². The van der Waals surface area contributed by atoms with Crippen LogP contribution in [0.5, 0.6) is 0 Å². The Hall–Kier alpha value is -2.34. The molecule has 0 atom stereocenters. The van der Waals surface area contributed by atoms with Gasteiger partial charge in [-0.05, 0) is 46.2 Å². The maximum Gasteiger partial charge on any atom is -0.0103 e. The second kappa shape index (κ2) is 6.19. The number of rotatable bonds is 3. The predicted molar refractivity (Wildman–Crippen MR) is 96.1 cm³/mol. The molecule has 3 aromatic rings. The lowest BCUT2D eigenvalue weighted by atomic mass is 9.90. The summed E-state index contributed by atoms with van der Waals surface area (Å²) < 4.78 is 0. The number of hydrogen-bond donors (Lipinski definition) is 0.